The highest BCUT2D eigenvalue weighted by molar-refractivity contribution is 8.18. The minimum absolute atomic E-state index is 0.224. The van der Waals surface area contributed by atoms with Crippen molar-refractivity contribution in [1.82, 2.24) is 15.5 Å². The van der Waals surface area contributed by atoms with Crippen LogP contribution in [0.25, 0.3) is 16.8 Å². The Balaban J connectivity index is 1.53. The molecule has 4 heterocycles. The monoisotopic (exact) mass is 389 g/mol. The van der Waals surface area contributed by atoms with E-state index >= 15 is 0 Å². The first-order valence-corrected chi connectivity index (χ1v) is 8.63. The van der Waals surface area contributed by atoms with E-state index in [0.29, 0.717) is 20.8 Å². The van der Waals surface area contributed by atoms with E-state index in [1.54, 1.807) is 18.2 Å². The van der Waals surface area contributed by atoms with Gasteiger partial charge in [-0.25, -0.2) is 0 Å². The Bertz CT molecular complexity index is 1050. The third-order valence-corrected chi connectivity index (χ3v) is 4.80. The quantitative estimate of drug-likeness (QED) is 0.408. The van der Waals surface area contributed by atoms with Gasteiger partial charge in [-0.15, -0.1) is 10.2 Å². The Morgan fingerprint density at radius 2 is 2.19 bits per heavy atom. The average molecular weight is 389 g/mol. The van der Waals surface area contributed by atoms with Crippen molar-refractivity contribution in [2.24, 2.45) is 4.99 Å². The number of nitrogens with zero attached hydrogens (tertiary/aromatic N) is 4. The maximum atomic E-state index is 12.0. The zero-order valence-electron chi connectivity index (χ0n) is 12.6. The van der Waals surface area contributed by atoms with Gasteiger partial charge in [-0.2, -0.15) is 4.99 Å². The summed E-state index contributed by atoms with van der Waals surface area (Å²) >= 11 is 2.22. The minimum atomic E-state index is -0.636. The van der Waals surface area contributed by atoms with Crippen molar-refractivity contribution < 1.29 is 18.6 Å². The smallest absolute Gasteiger partial charge is 0.433 e. The fourth-order valence-corrected chi connectivity index (χ4v) is 3.52. The maximum Gasteiger partial charge on any atom is 0.433 e. The molecule has 0 atom stereocenters. The summed E-state index contributed by atoms with van der Waals surface area (Å²) in [6.45, 7) is 0. The fourth-order valence-electron chi connectivity index (χ4n) is 1.97. The highest BCUT2D eigenvalue weighted by atomic mass is 32.2. The van der Waals surface area contributed by atoms with Gasteiger partial charge in [0.25, 0.3) is 5.91 Å². The second kappa shape index (κ2) is 6.57. The summed E-state index contributed by atoms with van der Waals surface area (Å²) in [5.74, 6) is 0.106. The Morgan fingerprint density at radius 3 is 2.92 bits per heavy atom. The van der Waals surface area contributed by atoms with Crippen LogP contribution in [0.4, 0.5) is 11.0 Å². The Hall–Kier alpha value is -3.25. The van der Waals surface area contributed by atoms with Gasteiger partial charge in [0.05, 0.1) is 17.2 Å². The van der Waals surface area contributed by atoms with Crippen LogP contribution in [0.15, 0.2) is 49.3 Å². The van der Waals surface area contributed by atoms with Crippen LogP contribution in [-0.4, -0.2) is 26.2 Å². The van der Waals surface area contributed by atoms with Gasteiger partial charge in [-0.1, -0.05) is 11.3 Å². The number of nitrogens with one attached hydrogen (secondary N) is 1. The lowest BCUT2D eigenvalue weighted by atomic mass is 10.4. The largest absolute Gasteiger partial charge is 0.465 e. The van der Waals surface area contributed by atoms with Gasteiger partial charge in [-0.3, -0.25) is 14.9 Å². The summed E-state index contributed by atoms with van der Waals surface area (Å²) in [6.07, 6.45) is 3.12. The van der Waals surface area contributed by atoms with Crippen molar-refractivity contribution in [3.63, 3.8) is 0 Å². The van der Waals surface area contributed by atoms with Crippen LogP contribution in [0, 0.1) is 10.1 Å². The number of carbonyl (C=O) groups excluding carboxylic acids is 1. The number of hydrogen-bond donors (Lipinski definition) is 1. The Kier molecular flexibility index (Phi) is 4.10. The molecule has 1 aliphatic heterocycles. The lowest BCUT2D eigenvalue weighted by molar-refractivity contribution is -0.401. The summed E-state index contributed by atoms with van der Waals surface area (Å²) in [6, 6.07) is 6.13. The van der Waals surface area contributed by atoms with Crippen LogP contribution in [0.2, 0.25) is 0 Å². The molecule has 0 unspecified atom stereocenters. The normalized spacial score (nSPS) is 17.2. The van der Waals surface area contributed by atoms with Crippen LogP contribution in [0.3, 0.4) is 0 Å². The number of nitro groups is 1. The molecule has 1 N–H and O–H groups in total. The second-order valence-electron chi connectivity index (χ2n) is 4.78. The van der Waals surface area contributed by atoms with Gasteiger partial charge in [0.1, 0.15) is 10.7 Å². The third kappa shape index (κ3) is 3.27. The van der Waals surface area contributed by atoms with Crippen molar-refractivity contribution in [1.29, 1.82) is 0 Å². The van der Waals surface area contributed by atoms with E-state index in [4.69, 9.17) is 8.83 Å². The molecule has 10 nitrogen and oxygen atoms in total. The molecule has 0 aromatic carbocycles. The lowest BCUT2D eigenvalue weighted by Gasteiger charge is -1.89. The Labute approximate surface area is 152 Å². The number of furan rings is 2. The van der Waals surface area contributed by atoms with Crippen molar-refractivity contribution in [3.05, 3.63) is 51.3 Å². The number of carbonyl (C=O) groups is 1. The van der Waals surface area contributed by atoms with Gasteiger partial charge in [0.2, 0.25) is 5.13 Å². The zero-order valence-corrected chi connectivity index (χ0v) is 14.2. The number of thioether (sulfide) groups is 1. The van der Waals surface area contributed by atoms with Crippen LogP contribution >= 0.6 is 23.1 Å². The lowest BCUT2D eigenvalue weighted by Crippen LogP contribution is -2.19. The number of aliphatic imine (C=N–C) groups is 1. The topological polar surface area (TPSA) is 137 Å². The molecule has 3 aromatic heterocycles. The molecule has 130 valence electrons. The molecule has 4 rings (SSSR count). The fraction of sp³-hybridized carbons (Fsp3) is 0. The predicted octanol–water partition coefficient (Wildman–Crippen LogP) is 3.19. The highest BCUT2D eigenvalue weighted by Gasteiger charge is 2.25. The summed E-state index contributed by atoms with van der Waals surface area (Å²) in [5, 5.41) is 22.0. The van der Waals surface area contributed by atoms with Crippen LogP contribution in [-0.2, 0) is 4.79 Å². The summed E-state index contributed by atoms with van der Waals surface area (Å²) < 4.78 is 10.3. The van der Waals surface area contributed by atoms with Gasteiger partial charge in [0.15, 0.2) is 15.9 Å². The first kappa shape index (κ1) is 16.2. The third-order valence-electron chi connectivity index (χ3n) is 3.06. The average Bonchev–Trinajstić information content (AvgIpc) is 3.37. The molecule has 0 bridgehead atoms. The molecular weight excluding hydrogens is 382 g/mol. The molecular formula is C14H7N5O5S2. The molecule has 1 saturated heterocycles. The molecule has 26 heavy (non-hydrogen) atoms. The van der Waals surface area contributed by atoms with Crippen molar-refractivity contribution in [2.75, 3.05) is 0 Å². The molecule has 12 heteroatoms. The van der Waals surface area contributed by atoms with Crippen LogP contribution < -0.4 is 5.32 Å². The van der Waals surface area contributed by atoms with Gasteiger partial charge in [-0.05, 0) is 30.0 Å². The van der Waals surface area contributed by atoms with Crippen molar-refractivity contribution >= 4 is 51.3 Å². The van der Waals surface area contributed by atoms with Gasteiger partial charge >= 0.3 is 5.88 Å². The van der Waals surface area contributed by atoms with E-state index in [2.05, 4.69) is 20.5 Å². The maximum absolute atomic E-state index is 12.0. The summed E-state index contributed by atoms with van der Waals surface area (Å²) in [5.41, 5.74) is 0. The molecule has 1 amide bonds. The molecule has 1 fully saturated rings. The molecule has 0 spiro atoms. The number of hydrogen-bond acceptors (Lipinski definition) is 10. The molecule has 0 aliphatic carbocycles. The molecule has 1 aliphatic rings. The first-order chi connectivity index (χ1) is 12.6. The van der Waals surface area contributed by atoms with Crippen molar-refractivity contribution in [3.8, 4) is 10.8 Å². The van der Waals surface area contributed by atoms with E-state index in [9.17, 15) is 14.9 Å². The van der Waals surface area contributed by atoms with E-state index in [1.807, 2.05) is 0 Å². The first-order valence-electron chi connectivity index (χ1n) is 7.00. The second-order valence-corrected chi connectivity index (χ2v) is 6.77. The van der Waals surface area contributed by atoms with Gasteiger partial charge in [0, 0.05) is 6.08 Å². The number of aromatic nitrogens is 2. The predicted molar refractivity (Wildman–Crippen MR) is 93.8 cm³/mol. The van der Waals surface area contributed by atoms with Crippen LogP contribution in [0.1, 0.15) is 5.76 Å². The van der Waals surface area contributed by atoms with Crippen molar-refractivity contribution in [2.45, 2.75) is 0 Å². The summed E-state index contributed by atoms with van der Waals surface area (Å²) in [7, 11) is 0. The van der Waals surface area contributed by atoms with Gasteiger partial charge < -0.3 is 14.2 Å². The van der Waals surface area contributed by atoms with E-state index in [-0.39, 0.29) is 22.7 Å². The highest BCUT2D eigenvalue weighted by Crippen LogP contribution is 2.33. The van der Waals surface area contributed by atoms with E-state index in [0.717, 1.165) is 23.1 Å². The number of amides is 1. The minimum Gasteiger partial charge on any atom is -0.465 e. The van der Waals surface area contributed by atoms with Crippen LogP contribution in [0.5, 0.6) is 0 Å². The SMILES string of the molecule is O=C1NC(=Nc2nnc(-c3ccc([N+](=O)[O-])o3)s2)SC1=Cc1ccco1. The molecule has 0 radical (unpaired) electrons. The standard InChI is InChI=1S/C14H7N5O5S2/c20-11-9(6-7-2-1-5-23-7)25-13(15-11)16-14-18-17-12(26-14)8-3-4-10(24-8)19(21)22/h1-6H,(H,15,16,18,20). The number of amidine groups is 1. The molecule has 3 aromatic rings. The van der Waals surface area contributed by atoms with E-state index in [1.165, 1.54) is 18.4 Å². The van der Waals surface area contributed by atoms with E-state index < -0.39 is 4.92 Å². The number of rotatable bonds is 4. The summed E-state index contributed by atoms with van der Waals surface area (Å²) in [4.78, 5) is 26.6. The Morgan fingerprint density at radius 1 is 1.31 bits per heavy atom. The zero-order chi connectivity index (χ0) is 18.1. The molecule has 0 saturated carbocycles.